The van der Waals surface area contributed by atoms with Gasteiger partial charge in [0.25, 0.3) is 0 Å². The average molecular weight is 340 g/mol. The predicted molar refractivity (Wildman–Crippen MR) is 106 cm³/mol. The highest BCUT2D eigenvalue weighted by Gasteiger charge is 2.00. The lowest BCUT2D eigenvalue weighted by molar-refractivity contribution is 0.306. The molecule has 0 radical (unpaired) electrons. The minimum atomic E-state index is 0.492. The van der Waals surface area contributed by atoms with Crippen molar-refractivity contribution in [3.63, 3.8) is 0 Å². The lowest BCUT2D eigenvalue weighted by Crippen LogP contribution is -1.97. The number of hydrogen-bond donors (Lipinski definition) is 1. The molecule has 0 atom stereocenters. The van der Waals surface area contributed by atoms with Crippen LogP contribution in [0.5, 0.6) is 5.75 Å². The zero-order chi connectivity index (χ0) is 18.2. The van der Waals surface area contributed by atoms with Crippen molar-refractivity contribution in [1.29, 1.82) is 5.26 Å². The lowest BCUT2D eigenvalue weighted by atomic mass is 10.1. The second-order valence-electron chi connectivity index (χ2n) is 6.00. The number of aryl methyl sites for hydroxylation is 1. The fourth-order valence-electron chi connectivity index (χ4n) is 2.46. The summed E-state index contributed by atoms with van der Waals surface area (Å²) in [6.45, 7) is 2.57. The second-order valence-corrected chi connectivity index (χ2v) is 6.00. The molecular weight excluding hydrogens is 320 g/mol. The van der Waals surface area contributed by atoms with Crippen LogP contribution in [0, 0.1) is 18.3 Å². The van der Waals surface area contributed by atoms with Gasteiger partial charge in [-0.05, 0) is 48.4 Å². The van der Waals surface area contributed by atoms with E-state index in [-0.39, 0.29) is 0 Å². The number of ether oxygens (including phenoxy) is 1. The van der Waals surface area contributed by atoms with Crippen LogP contribution in [0.3, 0.4) is 0 Å². The van der Waals surface area contributed by atoms with E-state index >= 15 is 0 Å². The third-order valence-corrected chi connectivity index (χ3v) is 3.89. The average Bonchev–Trinajstić information content (AvgIpc) is 2.69. The van der Waals surface area contributed by atoms with Crippen molar-refractivity contribution in [2.24, 2.45) is 0 Å². The number of hydrogen-bond acceptors (Lipinski definition) is 3. The lowest BCUT2D eigenvalue weighted by Gasteiger charge is -2.07. The molecule has 0 saturated carbocycles. The summed E-state index contributed by atoms with van der Waals surface area (Å²) >= 11 is 0. The summed E-state index contributed by atoms with van der Waals surface area (Å²) in [5.74, 6) is 0.802. The van der Waals surface area contributed by atoms with Crippen LogP contribution < -0.4 is 10.1 Å². The van der Waals surface area contributed by atoms with Crippen LogP contribution in [0.4, 0.5) is 5.69 Å². The molecule has 3 heteroatoms. The Morgan fingerprint density at radius 2 is 1.65 bits per heavy atom. The minimum absolute atomic E-state index is 0.492. The van der Waals surface area contributed by atoms with Gasteiger partial charge in [0.1, 0.15) is 24.1 Å². The third-order valence-electron chi connectivity index (χ3n) is 3.89. The highest BCUT2D eigenvalue weighted by atomic mass is 16.5. The number of allylic oxidation sites excluding steroid dienone is 1. The zero-order valence-electron chi connectivity index (χ0n) is 14.6. The molecule has 3 nitrogen and oxygen atoms in total. The van der Waals surface area contributed by atoms with Crippen LogP contribution >= 0.6 is 0 Å². The van der Waals surface area contributed by atoms with E-state index in [1.165, 1.54) is 5.56 Å². The fourth-order valence-corrected chi connectivity index (χ4v) is 2.46. The molecule has 0 aliphatic carbocycles. The monoisotopic (exact) mass is 340 g/mol. The largest absolute Gasteiger partial charge is 0.489 e. The van der Waals surface area contributed by atoms with Gasteiger partial charge in [-0.3, -0.25) is 0 Å². The van der Waals surface area contributed by atoms with Gasteiger partial charge in [-0.25, -0.2) is 0 Å². The Balaban J connectivity index is 1.64. The first-order chi connectivity index (χ1) is 12.7. The Hall–Kier alpha value is -3.51. The van der Waals surface area contributed by atoms with Crippen LogP contribution in [-0.4, -0.2) is 0 Å². The molecule has 0 fully saturated rings. The van der Waals surface area contributed by atoms with Gasteiger partial charge in [0.2, 0.25) is 0 Å². The summed E-state index contributed by atoms with van der Waals surface area (Å²) in [6, 6.07) is 27.9. The molecule has 26 heavy (non-hydrogen) atoms. The standard InChI is InChI=1S/C23H20N2O/c1-18-7-11-21(12-8-18)25-22(16-24)15-19-9-13-23(14-10-19)26-17-20-5-3-2-4-6-20/h2-15,25H,17H2,1H3. The molecule has 0 aliphatic rings. The molecule has 0 aromatic heterocycles. The Morgan fingerprint density at radius 1 is 0.962 bits per heavy atom. The fraction of sp³-hybridized carbons (Fsp3) is 0.0870. The van der Waals surface area contributed by atoms with Crippen molar-refractivity contribution in [2.75, 3.05) is 5.32 Å². The van der Waals surface area contributed by atoms with Crippen molar-refractivity contribution < 1.29 is 4.74 Å². The summed E-state index contributed by atoms with van der Waals surface area (Å²) in [4.78, 5) is 0. The maximum atomic E-state index is 9.36. The molecule has 0 amide bonds. The maximum absolute atomic E-state index is 9.36. The Labute approximate surface area is 154 Å². The first-order valence-electron chi connectivity index (χ1n) is 8.45. The summed E-state index contributed by atoms with van der Waals surface area (Å²) in [5, 5.41) is 12.5. The van der Waals surface area contributed by atoms with Crippen molar-refractivity contribution in [1.82, 2.24) is 0 Å². The van der Waals surface area contributed by atoms with E-state index in [2.05, 4.69) is 11.4 Å². The van der Waals surface area contributed by atoms with E-state index in [4.69, 9.17) is 4.74 Å². The topological polar surface area (TPSA) is 45.0 Å². The van der Waals surface area contributed by atoms with Gasteiger partial charge in [-0.2, -0.15) is 5.26 Å². The zero-order valence-corrected chi connectivity index (χ0v) is 14.6. The molecule has 0 aliphatic heterocycles. The van der Waals surface area contributed by atoms with E-state index in [1.54, 1.807) is 0 Å². The van der Waals surface area contributed by atoms with E-state index in [0.29, 0.717) is 12.3 Å². The maximum Gasteiger partial charge on any atom is 0.119 e. The third kappa shape index (κ3) is 4.99. The Bertz CT molecular complexity index is 905. The predicted octanol–water partition coefficient (Wildman–Crippen LogP) is 5.55. The van der Waals surface area contributed by atoms with Crippen LogP contribution in [0.25, 0.3) is 6.08 Å². The van der Waals surface area contributed by atoms with Crippen LogP contribution in [-0.2, 0) is 6.61 Å². The quantitative estimate of drug-likeness (QED) is 0.598. The first kappa shape index (κ1) is 17.3. The van der Waals surface area contributed by atoms with Gasteiger partial charge >= 0.3 is 0 Å². The molecule has 3 aromatic carbocycles. The highest BCUT2D eigenvalue weighted by molar-refractivity contribution is 5.64. The molecule has 128 valence electrons. The molecule has 0 bridgehead atoms. The number of nitrogens with zero attached hydrogens (tertiary/aromatic N) is 1. The molecule has 3 rings (SSSR count). The molecule has 1 N–H and O–H groups in total. The minimum Gasteiger partial charge on any atom is -0.489 e. The molecule has 3 aromatic rings. The second kappa shape index (κ2) is 8.55. The van der Waals surface area contributed by atoms with Crippen molar-refractivity contribution in [3.05, 3.63) is 101 Å². The molecular formula is C23H20N2O. The van der Waals surface area contributed by atoms with E-state index in [0.717, 1.165) is 22.6 Å². The summed E-state index contributed by atoms with van der Waals surface area (Å²) in [5.41, 5.74) is 4.64. The molecule has 0 spiro atoms. The SMILES string of the molecule is Cc1ccc(NC(C#N)=Cc2ccc(OCc3ccccc3)cc2)cc1. The van der Waals surface area contributed by atoms with Crippen molar-refractivity contribution in [3.8, 4) is 11.8 Å². The van der Waals surface area contributed by atoms with Crippen LogP contribution in [0.1, 0.15) is 16.7 Å². The van der Waals surface area contributed by atoms with Gasteiger partial charge < -0.3 is 10.1 Å². The number of nitriles is 1. The van der Waals surface area contributed by atoms with Crippen LogP contribution in [0.2, 0.25) is 0 Å². The normalized spacial score (nSPS) is 10.8. The van der Waals surface area contributed by atoms with Crippen molar-refractivity contribution in [2.45, 2.75) is 13.5 Å². The van der Waals surface area contributed by atoms with Crippen LogP contribution in [0.15, 0.2) is 84.6 Å². The molecule has 0 heterocycles. The van der Waals surface area contributed by atoms with E-state index < -0.39 is 0 Å². The van der Waals surface area contributed by atoms with Gasteiger partial charge in [0.15, 0.2) is 0 Å². The van der Waals surface area contributed by atoms with Gasteiger partial charge in [0, 0.05) is 5.69 Å². The summed E-state index contributed by atoms with van der Waals surface area (Å²) in [6.07, 6.45) is 1.82. The van der Waals surface area contributed by atoms with Gasteiger partial charge in [0.05, 0.1) is 0 Å². The number of nitrogens with one attached hydrogen (secondary N) is 1. The first-order valence-corrected chi connectivity index (χ1v) is 8.45. The van der Waals surface area contributed by atoms with Gasteiger partial charge in [-0.1, -0.05) is 60.2 Å². The van der Waals surface area contributed by atoms with E-state index in [9.17, 15) is 5.26 Å². The summed E-state index contributed by atoms with van der Waals surface area (Å²) in [7, 11) is 0. The number of anilines is 1. The number of benzene rings is 3. The number of rotatable bonds is 6. The highest BCUT2D eigenvalue weighted by Crippen LogP contribution is 2.17. The molecule has 0 saturated heterocycles. The Kier molecular flexibility index (Phi) is 5.69. The smallest absolute Gasteiger partial charge is 0.119 e. The molecule has 0 unspecified atom stereocenters. The van der Waals surface area contributed by atoms with Gasteiger partial charge in [-0.15, -0.1) is 0 Å². The summed E-state index contributed by atoms with van der Waals surface area (Å²) < 4.78 is 5.78. The van der Waals surface area contributed by atoms with E-state index in [1.807, 2.05) is 91.9 Å². The van der Waals surface area contributed by atoms with Crippen molar-refractivity contribution >= 4 is 11.8 Å². The Morgan fingerprint density at radius 3 is 2.31 bits per heavy atom.